The quantitative estimate of drug-likeness (QED) is 0.933. The number of carbonyl (C=O) groups is 1. The van der Waals surface area contributed by atoms with E-state index >= 15 is 0 Å². The summed E-state index contributed by atoms with van der Waals surface area (Å²) in [4.78, 5) is 18.9. The molecule has 1 aromatic carbocycles. The molecule has 1 N–H and O–H groups in total. The smallest absolute Gasteiger partial charge is 0.223 e. The van der Waals surface area contributed by atoms with Gasteiger partial charge in [-0.3, -0.25) is 4.79 Å². The Morgan fingerprint density at radius 1 is 1.32 bits per heavy atom. The van der Waals surface area contributed by atoms with E-state index in [1.54, 1.807) is 0 Å². The lowest BCUT2D eigenvalue weighted by Gasteiger charge is -2.08. The van der Waals surface area contributed by atoms with E-state index in [1.807, 2.05) is 44.4 Å². The first kappa shape index (κ1) is 13.7. The zero-order valence-corrected chi connectivity index (χ0v) is 12.1. The standard InChI is InChI=1S/C14H17N3OS/c1-10(18)15-14-16-13(11-7-5-4-6-8-11)12(19-14)9-17(2)3/h4-8H,9H2,1-3H3,(H,15,16,18). The third kappa shape index (κ3) is 3.62. The van der Waals surface area contributed by atoms with Gasteiger partial charge in [0.2, 0.25) is 5.91 Å². The molecule has 100 valence electrons. The number of nitrogens with zero attached hydrogens (tertiary/aromatic N) is 2. The second-order valence-electron chi connectivity index (χ2n) is 4.58. The Hall–Kier alpha value is -1.72. The number of hydrogen-bond acceptors (Lipinski definition) is 4. The molecule has 0 atom stereocenters. The highest BCUT2D eigenvalue weighted by atomic mass is 32.1. The number of amides is 1. The maximum Gasteiger partial charge on any atom is 0.223 e. The third-order valence-electron chi connectivity index (χ3n) is 2.49. The van der Waals surface area contributed by atoms with Crippen LogP contribution in [0.2, 0.25) is 0 Å². The summed E-state index contributed by atoms with van der Waals surface area (Å²) in [5.74, 6) is -0.0928. The number of anilines is 1. The van der Waals surface area contributed by atoms with Crippen molar-refractivity contribution in [2.75, 3.05) is 19.4 Å². The average Bonchev–Trinajstić information content (AvgIpc) is 2.71. The molecular weight excluding hydrogens is 258 g/mol. The Morgan fingerprint density at radius 2 is 2.00 bits per heavy atom. The zero-order valence-electron chi connectivity index (χ0n) is 11.3. The Kier molecular flexibility index (Phi) is 4.29. The molecule has 0 aliphatic rings. The second kappa shape index (κ2) is 5.95. The predicted molar refractivity (Wildman–Crippen MR) is 79.2 cm³/mol. The molecule has 1 amide bonds. The Balaban J connectivity index is 2.39. The SMILES string of the molecule is CC(=O)Nc1nc(-c2ccccc2)c(CN(C)C)s1. The highest BCUT2D eigenvalue weighted by Gasteiger charge is 2.14. The van der Waals surface area contributed by atoms with Gasteiger partial charge in [0.05, 0.1) is 5.69 Å². The highest BCUT2D eigenvalue weighted by molar-refractivity contribution is 7.16. The lowest BCUT2D eigenvalue weighted by Crippen LogP contribution is -2.10. The van der Waals surface area contributed by atoms with Crippen molar-refractivity contribution >= 4 is 22.4 Å². The molecule has 1 heterocycles. The molecule has 5 heteroatoms. The van der Waals surface area contributed by atoms with Gasteiger partial charge in [-0.05, 0) is 14.1 Å². The van der Waals surface area contributed by atoms with Crippen LogP contribution in [0.15, 0.2) is 30.3 Å². The van der Waals surface area contributed by atoms with Crippen LogP contribution in [0.1, 0.15) is 11.8 Å². The van der Waals surface area contributed by atoms with Crippen molar-refractivity contribution < 1.29 is 4.79 Å². The molecule has 0 spiro atoms. The predicted octanol–water partition coefficient (Wildman–Crippen LogP) is 2.83. The average molecular weight is 275 g/mol. The Bertz CT molecular complexity index is 563. The van der Waals surface area contributed by atoms with Gasteiger partial charge >= 0.3 is 0 Å². The second-order valence-corrected chi connectivity index (χ2v) is 5.66. The first-order valence-corrected chi connectivity index (χ1v) is 6.85. The largest absolute Gasteiger partial charge is 0.304 e. The van der Waals surface area contributed by atoms with Crippen molar-refractivity contribution in [1.29, 1.82) is 0 Å². The monoisotopic (exact) mass is 275 g/mol. The fourth-order valence-corrected chi connectivity index (χ4v) is 2.92. The number of aromatic nitrogens is 1. The first-order chi connectivity index (χ1) is 9.06. The summed E-state index contributed by atoms with van der Waals surface area (Å²) in [5, 5.41) is 3.41. The van der Waals surface area contributed by atoms with E-state index in [0.717, 1.165) is 22.7 Å². The maximum atomic E-state index is 11.1. The van der Waals surface area contributed by atoms with E-state index in [1.165, 1.54) is 18.3 Å². The molecule has 0 fully saturated rings. The van der Waals surface area contributed by atoms with Crippen molar-refractivity contribution in [3.05, 3.63) is 35.2 Å². The molecule has 0 radical (unpaired) electrons. The van der Waals surface area contributed by atoms with Gasteiger partial charge in [0, 0.05) is 23.9 Å². The molecule has 19 heavy (non-hydrogen) atoms. The van der Waals surface area contributed by atoms with Gasteiger partial charge in [-0.15, -0.1) is 0 Å². The van der Waals surface area contributed by atoms with Crippen LogP contribution >= 0.6 is 11.3 Å². The van der Waals surface area contributed by atoms with Crippen LogP contribution in [-0.4, -0.2) is 29.9 Å². The van der Waals surface area contributed by atoms with Gasteiger partial charge in [-0.25, -0.2) is 4.98 Å². The maximum absolute atomic E-state index is 11.1. The third-order valence-corrected chi connectivity index (χ3v) is 3.44. The van der Waals surface area contributed by atoms with E-state index in [0.29, 0.717) is 5.13 Å². The van der Waals surface area contributed by atoms with E-state index in [4.69, 9.17) is 0 Å². The van der Waals surface area contributed by atoms with E-state index in [-0.39, 0.29) is 5.91 Å². The zero-order chi connectivity index (χ0) is 13.8. The molecule has 2 aromatic rings. The van der Waals surface area contributed by atoms with Crippen molar-refractivity contribution in [3.8, 4) is 11.3 Å². The molecule has 0 aliphatic heterocycles. The van der Waals surface area contributed by atoms with Crippen molar-refractivity contribution in [2.45, 2.75) is 13.5 Å². The molecule has 0 unspecified atom stereocenters. The number of rotatable bonds is 4. The van der Waals surface area contributed by atoms with E-state index in [2.05, 4.69) is 15.2 Å². The van der Waals surface area contributed by atoms with Gasteiger partial charge in [-0.1, -0.05) is 41.7 Å². The summed E-state index contributed by atoms with van der Waals surface area (Å²) in [6.07, 6.45) is 0. The van der Waals surface area contributed by atoms with Crippen molar-refractivity contribution in [2.24, 2.45) is 0 Å². The van der Waals surface area contributed by atoms with Crippen LogP contribution in [0.4, 0.5) is 5.13 Å². The van der Waals surface area contributed by atoms with E-state index in [9.17, 15) is 4.79 Å². The molecule has 0 aliphatic carbocycles. The van der Waals surface area contributed by atoms with Crippen LogP contribution in [0, 0.1) is 0 Å². The molecule has 4 nitrogen and oxygen atoms in total. The van der Waals surface area contributed by atoms with Crippen molar-refractivity contribution in [1.82, 2.24) is 9.88 Å². The fourth-order valence-electron chi connectivity index (χ4n) is 1.77. The molecule has 0 bridgehead atoms. The number of nitrogens with one attached hydrogen (secondary N) is 1. The normalized spacial score (nSPS) is 10.7. The Morgan fingerprint density at radius 3 is 2.58 bits per heavy atom. The van der Waals surface area contributed by atoms with E-state index < -0.39 is 0 Å². The minimum atomic E-state index is -0.0928. The summed E-state index contributed by atoms with van der Waals surface area (Å²) in [6.45, 7) is 2.30. The number of benzene rings is 1. The minimum Gasteiger partial charge on any atom is -0.304 e. The molecule has 2 rings (SSSR count). The van der Waals surface area contributed by atoms with Crippen LogP contribution in [-0.2, 0) is 11.3 Å². The first-order valence-electron chi connectivity index (χ1n) is 6.03. The van der Waals surface area contributed by atoms with Gasteiger partial charge in [0.15, 0.2) is 5.13 Å². The molecule has 0 saturated heterocycles. The summed E-state index contributed by atoms with van der Waals surface area (Å²) >= 11 is 1.53. The van der Waals surface area contributed by atoms with Crippen LogP contribution in [0.5, 0.6) is 0 Å². The highest BCUT2D eigenvalue weighted by Crippen LogP contribution is 2.31. The Labute approximate surface area is 117 Å². The summed E-state index contributed by atoms with van der Waals surface area (Å²) in [7, 11) is 4.04. The van der Waals surface area contributed by atoms with Crippen LogP contribution in [0.25, 0.3) is 11.3 Å². The lowest BCUT2D eigenvalue weighted by atomic mass is 10.1. The summed E-state index contributed by atoms with van der Waals surface area (Å²) in [6, 6.07) is 10.0. The van der Waals surface area contributed by atoms with Crippen LogP contribution < -0.4 is 5.32 Å². The number of thiazole rings is 1. The van der Waals surface area contributed by atoms with Gasteiger partial charge in [0.1, 0.15) is 0 Å². The lowest BCUT2D eigenvalue weighted by molar-refractivity contribution is -0.114. The van der Waals surface area contributed by atoms with Crippen molar-refractivity contribution in [3.63, 3.8) is 0 Å². The van der Waals surface area contributed by atoms with Gasteiger partial charge in [-0.2, -0.15) is 0 Å². The topological polar surface area (TPSA) is 45.2 Å². The van der Waals surface area contributed by atoms with Gasteiger partial charge < -0.3 is 10.2 Å². The molecule has 1 aromatic heterocycles. The molecule has 0 saturated carbocycles. The number of carbonyl (C=O) groups excluding carboxylic acids is 1. The minimum absolute atomic E-state index is 0.0928. The summed E-state index contributed by atoms with van der Waals surface area (Å²) < 4.78 is 0. The fraction of sp³-hybridized carbons (Fsp3) is 0.286. The molecular formula is C14H17N3OS. The number of hydrogen-bond donors (Lipinski definition) is 1. The van der Waals surface area contributed by atoms with Crippen LogP contribution in [0.3, 0.4) is 0 Å². The van der Waals surface area contributed by atoms with Gasteiger partial charge in [0.25, 0.3) is 0 Å². The summed E-state index contributed by atoms with van der Waals surface area (Å²) in [5.41, 5.74) is 2.02.